The smallest absolute Gasteiger partial charge is 0.258 e. The lowest BCUT2D eigenvalue weighted by atomic mass is 10.3. The molecule has 0 saturated heterocycles. The summed E-state index contributed by atoms with van der Waals surface area (Å²) < 4.78 is 3.47. The molecule has 0 fully saturated rings. The van der Waals surface area contributed by atoms with Crippen LogP contribution >= 0.6 is 11.8 Å². The first-order valence-electron chi connectivity index (χ1n) is 7.12. The third-order valence-electron chi connectivity index (χ3n) is 3.51. The summed E-state index contributed by atoms with van der Waals surface area (Å²) in [5.74, 6) is 0.565. The molecule has 0 atom stereocenters. The minimum atomic E-state index is -0.0725. The summed E-state index contributed by atoms with van der Waals surface area (Å²) in [4.78, 5) is 16.7. The van der Waals surface area contributed by atoms with E-state index >= 15 is 0 Å². The second-order valence-electron chi connectivity index (χ2n) is 5.22. The van der Waals surface area contributed by atoms with Gasteiger partial charge in [-0.05, 0) is 36.8 Å². The Morgan fingerprint density at radius 1 is 1.04 bits per heavy atom. The molecule has 0 aliphatic carbocycles. The quantitative estimate of drug-likeness (QED) is 0.542. The molecule has 0 aromatic carbocycles. The van der Waals surface area contributed by atoms with E-state index in [-0.39, 0.29) is 5.56 Å². The number of nitrogens with zero attached hydrogens (tertiary/aromatic N) is 5. The molecule has 23 heavy (non-hydrogen) atoms. The third-order valence-corrected chi connectivity index (χ3v) is 4.48. The highest BCUT2D eigenvalue weighted by Crippen LogP contribution is 2.20. The standard InChI is InChI=1S/C16H13N5OS/c1-11-5-7-20-14(8-11)17-12(9-15(20)22)10-23-16-19-18-13-4-2-3-6-21(13)16/h2-9H,10H2,1H3. The molecule has 4 aromatic heterocycles. The summed E-state index contributed by atoms with van der Waals surface area (Å²) >= 11 is 1.51. The van der Waals surface area contributed by atoms with E-state index in [1.807, 2.05) is 47.9 Å². The van der Waals surface area contributed by atoms with Crippen molar-refractivity contribution >= 4 is 23.1 Å². The van der Waals surface area contributed by atoms with Gasteiger partial charge in [0, 0.05) is 24.2 Å². The molecular weight excluding hydrogens is 310 g/mol. The summed E-state index contributed by atoms with van der Waals surface area (Å²) in [7, 11) is 0. The van der Waals surface area contributed by atoms with Crippen LogP contribution in [0.15, 0.2) is 58.7 Å². The molecule has 4 aromatic rings. The third kappa shape index (κ3) is 2.59. The van der Waals surface area contributed by atoms with Crippen molar-refractivity contribution in [2.75, 3.05) is 0 Å². The van der Waals surface area contributed by atoms with E-state index in [1.165, 1.54) is 11.8 Å². The highest BCUT2D eigenvalue weighted by atomic mass is 32.2. The fourth-order valence-corrected chi connectivity index (χ4v) is 3.20. The molecule has 0 N–H and O–H groups in total. The number of aromatic nitrogens is 5. The van der Waals surface area contributed by atoms with Gasteiger partial charge in [0.15, 0.2) is 10.8 Å². The number of fused-ring (bicyclic) bond motifs is 2. The monoisotopic (exact) mass is 323 g/mol. The van der Waals surface area contributed by atoms with Crippen molar-refractivity contribution in [3.05, 3.63) is 70.4 Å². The van der Waals surface area contributed by atoms with Crippen LogP contribution in [0.25, 0.3) is 11.3 Å². The summed E-state index contributed by atoms with van der Waals surface area (Å²) in [6.07, 6.45) is 3.67. The summed E-state index contributed by atoms with van der Waals surface area (Å²) in [6, 6.07) is 11.1. The van der Waals surface area contributed by atoms with Gasteiger partial charge >= 0.3 is 0 Å². The molecule has 0 radical (unpaired) electrons. The molecule has 0 unspecified atom stereocenters. The van der Waals surface area contributed by atoms with Crippen LogP contribution in [0.5, 0.6) is 0 Å². The molecule has 6 nitrogen and oxygen atoms in total. The Kier molecular flexibility index (Phi) is 3.34. The average Bonchev–Trinajstić information content (AvgIpc) is 2.96. The van der Waals surface area contributed by atoms with E-state index in [9.17, 15) is 4.79 Å². The van der Waals surface area contributed by atoms with Crippen LogP contribution in [0.2, 0.25) is 0 Å². The van der Waals surface area contributed by atoms with Crippen molar-refractivity contribution in [3.63, 3.8) is 0 Å². The van der Waals surface area contributed by atoms with Crippen molar-refractivity contribution in [2.24, 2.45) is 0 Å². The first kappa shape index (κ1) is 14.0. The highest BCUT2D eigenvalue weighted by Gasteiger charge is 2.08. The molecule has 0 saturated carbocycles. The molecule has 4 heterocycles. The van der Waals surface area contributed by atoms with Gasteiger partial charge in [-0.15, -0.1) is 10.2 Å². The van der Waals surface area contributed by atoms with Gasteiger partial charge < -0.3 is 0 Å². The van der Waals surface area contributed by atoms with Gasteiger partial charge in [0.1, 0.15) is 5.65 Å². The van der Waals surface area contributed by atoms with Crippen LogP contribution in [0.3, 0.4) is 0 Å². The van der Waals surface area contributed by atoms with Crippen LogP contribution in [0, 0.1) is 6.92 Å². The van der Waals surface area contributed by atoms with Crippen LogP contribution < -0.4 is 5.56 Å². The van der Waals surface area contributed by atoms with E-state index in [0.717, 1.165) is 22.1 Å². The van der Waals surface area contributed by atoms with E-state index in [2.05, 4.69) is 15.2 Å². The lowest BCUT2D eigenvalue weighted by Gasteiger charge is -2.04. The Morgan fingerprint density at radius 2 is 1.96 bits per heavy atom. The van der Waals surface area contributed by atoms with Gasteiger partial charge in [0.25, 0.3) is 5.56 Å². The topological polar surface area (TPSA) is 64.6 Å². The lowest BCUT2D eigenvalue weighted by Crippen LogP contribution is -2.15. The van der Waals surface area contributed by atoms with Crippen molar-refractivity contribution in [3.8, 4) is 0 Å². The number of rotatable bonds is 3. The zero-order valence-electron chi connectivity index (χ0n) is 12.4. The molecular formula is C16H13N5OS. The maximum absolute atomic E-state index is 12.2. The summed E-state index contributed by atoms with van der Waals surface area (Å²) in [5.41, 5.74) is 3.21. The van der Waals surface area contributed by atoms with E-state index in [1.54, 1.807) is 16.7 Å². The van der Waals surface area contributed by atoms with E-state index < -0.39 is 0 Å². The Labute approximate surface area is 135 Å². The molecule has 0 spiro atoms. The van der Waals surface area contributed by atoms with Gasteiger partial charge in [-0.3, -0.25) is 13.6 Å². The highest BCUT2D eigenvalue weighted by molar-refractivity contribution is 7.98. The Bertz CT molecular complexity index is 1070. The van der Waals surface area contributed by atoms with E-state index in [0.29, 0.717) is 11.4 Å². The SMILES string of the molecule is Cc1ccn2c(=O)cc(CSc3nnc4ccccn34)nc2c1. The van der Waals surface area contributed by atoms with Gasteiger partial charge in [-0.2, -0.15) is 0 Å². The lowest BCUT2D eigenvalue weighted by molar-refractivity contribution is 0.919. The zero-order valence-corrected chi connectivity index (χ0v) is 13.2. The molecule has 114 valence electrons. The van der Waals surface area contributed by atoms with E-state index in [4.69, 9.17) is 0 Å². The van der Waals surface area contributed by atoms with Crippen LogP contribution in [0.4, 0.5) is 0 Å². The Hall–Kier alpha value is -2.67. The normalized spacial score (nSPS) is 11.3. The van der Waals surface area contributed by atoms with Crippen molar-refractivity contribution in [1.29, 1.82) is 0 Å². The second kappa shape index (κ2) is 5.51. The zero-order chi connectivity index (χ0) is 15.8. The number of hydrogen-bond acceptors (Lipinski definition) is 5. The van der Waals surface area contributed by atoms with Crippen molar-refractivity contribution in [2.45, 2.75) is 17.8 Å². The molecule has 4 rings (SSSR count). The Balaban J connectivity index is 1.66. The van der Waals surface area contributed by atoms with Gasteiger partial charge in [0.05, 0.1) is 5.69 Å². The maximum Gasteiger partial charge on any atom is 0.258 e. The molecule has 0 bridgehead atoms. The molecule has 0 amide bonds. The van der Waals surface area contributed by atoms with Crippen LogP contribution in [0.1, 0.15) is 11.3 Å². The fraction of sp³-hybridized carbons (Fsp3) is 0.125. The number of thioether (sulfide) groups is 1. The van der Waals surface area contributed by atoms with Crippen molar-refractivity contribution in [1.82, 2.24) is 24.0 Å². The number of hydrogen-bond donors (Lipinski definition) is 0. The summed E-state index contributed by atoms with van der Waals surface area (Å²) in [6.45, 7) is 1.98. The second-order valence-corrected chi connectivity index (χ2v) is 6.16. The molecule has 0 aliphatic rings. The maximum atomic E-state index is 12.2. The van der Waals surface area contributed by atoms with Gasteiger partial charge in [-0.25, -0.2) is 4.98 Å². The van der Waals surface area contributed by atoms with Crippen LogP contribution in [-0.2, 0) is 5.75 Å². The predicted molar refractivity (Wildman–Crippen MR) is 88.7 cm³/mol. The van der Waals surface area contributed by atoms with Crippen LogP contribution in [-0.4, -0.2) is 24.0 Å². The summed E-state index contributed by atoms with van der Waals surface area (Å²) in [5, 5.41) is 9.07. The Morgan fingerprint density at radius 3 is 2.87 bits per heavy atom. The average molecular weight is 323 g/mol. The fourth-order valence-electron chi connectivity index (χ4n) is 2.38. The predicted octanol–water partition coefficient (Wildman–Crippen LogP) is 2.34. The van der Waals surface area contributed by atoms with Gasteiger partial charge in [-0.1, -0.05) is 17.8 Å². The minimum absolute atomic E-state index is 0.0725. The molecule has 7 heteroatoms. The molecule has 0 aliphatic heterocycles. The van der Waals surface area contributed by atoms with Crippen molar-refractivity contribution < 1.29 is 0 Å². The minimum Gasteiger partial charge on any atom is -0.277 e. The first-order chi connectivity index (χ1) is 11.2. The largest absolute Gasteiger partial charge is 0.277 e. The first-order valence-corrected chi connectivity index (χ1v) is 8.11. The number of pyridine rings is 2. The number of aryl methyl sites for hydroxylation is 1. The van der Waals surface area contributed by atoms with Gasteiger partial charge in [0.2, 0.25) is 0 Å².